The van der Waals surface area contributed by atoms with Crippen molar-refractivity contribution in [1.29, 1.82) is 0 Å². The lowest BCUT2D eigenvalue weighted by molar-refractivity contribution is 0.0691. The molecule has 0 unspecified atom stereocenters. The summed E-state index contributed by atoms with van der Waals surface area (Å²) in [5.41, 5.74) is 3.92. The number of nitrogens with zero attached hydrogens (tertiary/aromatic N) is 3. The molecule has 1 aliphatic heterocycles. The molecule has 0 aliphatic carbocycles. The summed E-state index contributed by atoms with van der Waals surface area (Å²) in [4.78, 5) is 24.3. The highest BCUT2D eigenvalue weighted by Crippen LogP contribution is 2.29. The third kappa shape index (κ3) is 3.75. The van der Waals surface area contributed by atoms with E-state index < -0.39 is 0 Å². The molecule has 1 aromatic heterocycles. The number of rotatable bonds is 3. The summed E-state index contributed by atoms with van der Waals surface area (Å²) in [6, 6.07) is 19.9. The normalized spacial score (nSPS) is 14.9. The maximum atomic E-state index is 13.0. The fourth-order valence-electron chi connectivity index (χ4n) is 3.47. The van der Waals surface area contributed by atoms with E-state index in [0.717, 1.165) is 48.4 Å². The molecule has 0 saturated carbocycles. The maximum Gasteiger partial charge on any atom is 0.274 e. The van der Waals surface area contributed by atoms with Gasteiger partial charge in [-0.1, -0.05) is 67.6 Å². The fraction of sp³-hybridized carbons (Fsp3) is 0.261. The lowest BCUT2D eigenvalue weighted by atomic mass is 9.99. The summed E-state index contributed by atoms with van der Waals surface area (Å²) < 4.78 is 0. The van der Waals surface area contributed by atoms with E-state index in [1.54, 1.807) is 6.20 Å². The predicted molar refractivity (Wildman–Crippen MR) is 107 cm³/mol. The number of benzene rings is 2. The Balaban J connectivity index is 1.74. The van der Waals surface area contributed by atoms with Crippen molar-refractivity contribution in [3.8, 4) is 22.5 Å². The fourth-order valence-corrected chi connectivity index (χ4v) is 3.47. The van der Waals surface area contributed by atoms with Gasteiger partial charge >= 0.3 is 0 Å². The summed E-state index contributed by atoms with van der Waals surface area (Å²) in [5, 5.41) is 0. The predicted octanol–water partition coefficient (Wildman–Crippen LogP) is 4.68. The van der Waals surface area contributed by atoms with Crippen molar-refractivity contribution >= 4 is 5.91 Å². The van der Waals surface area contributed by atoms with Crippen LogP contribution in [0, 0.1) is 5.92 Å². The largest absolute Gasteiger partial charge is 0.337 e. The second-order valence-corrected chi connectivity index (χ2v) is 7.16. The molecule has 0 bridgehead atoms. The number of likely N-dealkylation sites (tertiary alicyclic amines) is 1. The zero-order chi connectivity index (χ0) is 18.6. The van der Waals surface area contributed by atoms with Gasteiger partial charge in [-0.25, -0.2) is 4.98 Å². The topological polar surface area (TPSA) is 46.1 Å². The Morgan fingerprint density at radius 3 is 2.04 bits per heavy atom. The minimum absolute atomic E-state index is 0.0220. The van der Waals surface area contributed by atoms with Crippen molar-refractivity contribution in [2.75, 3.05) is 13.1 Å². The van der Waals surface area contributed by atoms with Crippen LogP contribution in [0.3, 0.4) is 0 Å². The Morgan fingerprint density at radius 1 is 0.889 bits per heavy atom. The SMILES string of the molecule is CC1CCN(C(=O)c2cnc(-c3ccccc3)c(-c3ccccc3)n2)CC1. The van der Waals surface area contributed by atoms with Gasteiger partial charge in [0, 0.05) is 24.2 Å². The van der Waals surface area contributed by atoms with Crippen LogP contribution in [0.5, 0.6) is 0 Å². The van der Waals surface area contributed by atoms with Crippen LogP contribution in [-0.2, 0) is 0 Å². The highest BCUT2D eigenvalue weighted by atomic mass is 16.2. The summed E-state index contributed by atoms with van der Waals surface area (Å²) in [6.45, 7) is 3.83. The molecule has 3 aromatic rings. The second kappa shape index (κ2) is 7.70. The van der Waals surface area contributed by atoms with E-state index in [0.29, 0.717) is 11.6 Å². The van der Waals surface area contributed by atoms with Crippen molar-refractivity contribution in [3.05, 3.63) is 72.6 Å². The third-order valence-corrected chi connectivity index (χ3v) is 5.16. The highest BCUT2D eigenvalue weighted by Gasteiger charge is 2.24. The van der Waals surface area contributed by atoms with Crippen molar-refractivity contribution in [3.63, 3.8) is 0 Å². The highest BCUT2D eigenvalue weighted by molar-refractivity contribution is 5.93. The molecular weight excluding hydrogens is 334 g/mol. The van der Waals surface area contributed by atoms with Crippen LogP contribution in [0.15, 0.2) is 66.9 Å². The van der Waals surface area contributed by atoms with Crippen LogP contribution in [0.2, 0.25) is 0 Å². The molecule has 1 amide bonds. The lowest BCUT2D eigenvalue weighted by Gasteiger charge is -2.30. The van der Waals surface area contributed by atoms with Gasteiger partial charge in [0.1, 0.15) is 5.69 Å². The third-order valence-electron chi connectivity index (χ3n) is 5.16. The quantitative estimate of drug-likeness (QED) is 0.683. The van der Waals surface area contributed by atoms with Crippen LogP contribution in [0.25, 0.3) is 22.5 Å². The van der Waals surface area contributed by atoms with E-state index >= 15 is 0 Å². The average molecular weight is 357 g/mol. The molecule has 4 rings (SSSR count). The molecule has 2 heterocycles. The monoisotopic (exact) mass is 357 g/mol. The number of carbonyl (C=O) groups excluding carboxylic acids is 1. The van der Waals surface area contributed by atoms with Crippen LogP contribution in [0.4, 0.5) is 0 Å². The van der Waals surface area contributed by atoms with Crippen LogP contribution < -0.4 is 0 Å². The number of piperidine rings is 1. The minimum Gasteiger partial charge on any atom is -0.337 e. The maximum absolute atomic E-state index is 13.0. The first-order chi connectivity index (χ1) is 13.2. The summed E-state index contributed by atoms with van der Waals surface area (Å²) >= 11 is 0. The van der Waals surface area contributed by atoms with Crippen molar-refractivity contribution < 1.29 is 4.79 Å². The van der Waals surface area contributed by atoms with Crippen molar-refractivity contribution in [1.82, 2.24) is 14.9 Å². The molecule has 0 atom stereocenters. The summed E-state index contributed by atoms with van der Waals surface area (Å²) in [6.07, 6.45) is 3.72. The molecule has 136 valence electrons. The van der Waals surface area contributed by atoms with Crippen LogP contribution >= 0.6 is 0 Å². The molecule has 4 heteroatoms. The molecule has 0 spiro atoms. The van der Waals surface area contributed by atoms with Gasteiger partial charge in [-0.3, -0.25) is 9.78 Å². The number of amides is 1. The van der Waals surface area contributed by atoms with Gasteiger partial charge in [-0.15, -0.1) is 0 Å². The Kier molecular flexibility index (Phi) is 4.97. The Morgan fingerprint density at radius 2 is 1.44 bits per heavy atom. The Labute approximate surface area is 159 Å². The van der Waals surface area contributed by atoms with E-state index in [1.807, 2.05) is 65.6 Å². The molecule has 0 radical (unpaired) electrons. The molecule has 2 aromatic carbocycles. The van der Waals surface area contributed by atoms with Crippen molar-refractivity contribution in [2.24, 2.45) is 5.92 Å². The standard InChI is InChI=1S/C23H23N3O/c1-17-12-14-26(15-13-17)23(27)20-16-24-21(18-8-4-2-5-9-18)22(25-20)19-10-6-3-7-11-19/h2-11,16-17H,12-15H2,1H3. The van der Waals surface area contributed by atoms with Gasteiger partial charge in [0.2, 0.25) is 0 Å². The smallest absolute Gasteiger partial charge is 0.274 e. The van der Waals surface area contributed by atoms with Gasteiger partial charge < -0.3 is 4.90 Å². The van der Waals surface area contributed by atoms with E-state index in [2.05, 4.69) is 11.9 Å². The van der Waals surface area contributed by atoms with E-state index in [-0.39, 0.29) is 5.91 Å². The average Bonchev–Trinajstić information content (AvgIpc) is 2.74. The van der Waals surface area contributed by atoms with E-state index in [4.69, 9.17) is 4.98 Å². The zero-order valence-corrected chi connectivity index (χ0v) is 15.5. The Bertz CT molecular complexity index is 917. The number of hydrogen-bond acceptors (Lipinski definition) is 3. The van der Waals surface area contributed by atoms with Gasteiger partial charge in [-0.05, 0) is 18.8 Å². The molecule has 1 saturated heterocycles. The minimum atomic E-state index is -0.0220. The second-order valence-electron chi connectivity index (χ2n) is 7.16. The molecule has 4 nitrogen and oxygen atoms in total. The Hall–Kier alpha value is -3.01. The molecule has 27 heavy (non-hydrogen) atoms. The van der Waals surface area contributed by atoms with E-state index in [9.17, 15) is 4.79 Å². The lowest BCUT2D eigenvalue weighted by Crippen LogP contribution is -2.38. The number of carbonyl (C=O) groups is 1. The number of aromatic nitrogens is 2. The first-order valence-electron chi connectivity index (χ1n) is 9.49. The van der Waals surface area contributed by atoms with Crippen LogP contribution in [-0.4, -0.2) is 33.9 Å². The summed E-state index contributed by atoms with van der Waals surface area (Å²) in [5.74, 6) is 0.659. The van der Waals surface area contributed by atoms with Crippen molar-refractivity contribution in [2.45, 2.75) is 19.8 Å². The first-order valence-corrected chi connectivity index (χ1v) is 9.49. The first kappa shape index (κ1) is 17.4. The van der Waals surface area contributed by atoms with Gasteiger partial charge in [0.05, 0.1) is 17.6 Å². The van der Waals surface area contributed by atoms with Gasteiger partial charge in [0.25, 0.3) is 5.91 Å². The van der Waals surface area contributed by atoms with E-state index in [1.165, 1.54) is 0 Å². The molecular formula is C23H23N3O. The van der Waals surface area contributed by atoms with Gasteiger partial charge in [-0.2, -0.15) is 0 Å². The zero-order valence-electron chi connectivity index (χ0n) is 15.5. The molecule has 0 N–H and O–H groups in total. The molecule has 1 fully saturated rings. The molecule has 1 aliphatic rings. The number of hydrogen-bond donors (Lipinski definition) is 0. The van der Waals surface area contributed by atoms with Gasteiger partial charge in [0.15, 0.2) is 0 Å². The summed E-state index contributed by atoms with van der Waals surface area (Å²) in [7, 11) is 0. The van der Waals surface area contributed by atoms with Crippen LogP contribution in [0.1, 0.15) is 30.3 Å².